The molecule has 0 saturated carbocycles. The number of rotatable bonds is 7. The van der Waals surface area contributed by atoms with Crippen LogP contribution in [0.5, 0.6) is 5.75 Å². The molecule has 0 saturated heterocycles. The van der Waals surface area contributed by atoms with Gasteiger partial charge in [-0.1, -0.05) is 31.2 Å². The van der Waals surface area contributed by atoms with E-state index in [1.807, 2.05) is 6.92 Å². The van der Waals surface area contributed by atoms with Crippen molar-refractivity contribution in [1.29, 1.82) is 0 Å². The Bertz CT molecular complexity index is 1290. The van der Waals surface area contributed by atoms with Crippen molar-refractivity contribution >= 4 is 43.6 Å². The van der Waals surface area contributed by atoms with Crippen LogP contribution in [-0.4, -0.2) is 12.5 Å². The van der Waals surface area contributed by atoms with E-state index in [0.717, 1.165) is 55.4 Å². The predicted molar refractivity (Wildman–Crippen MR) is 130 cm³/mol. The number of primary amides is 1. The number of fused-ring (bicyclic) bond motifs is 2. The van der Waals surface area contributed by atoms with Crippen LogP contribution in [-0.2, 0) is 11.2 Å². The third-order valence-corrected chi connectivity index (χ3v) is 6.37. The topological polar surface area (TPSA) is 65.5 Å². The van der Waals surface area contributed by atoms with Gasteiger partial charge in [0.1, 0.15) is 17.1 Å². The first-order valence-corrected chi connectivity index (χ1v) is 11.3. The highest BCUT2D eigenvalue weighted by Gasteiger charge is 2.19. The third kappa shape index (κ3) is 4.07. The van der Waals surface area contributed by atoms with E-state index >= 15 is 0 Å². The van der Waals surface area contributed by atoms with E-state index in [1.165, 1.54) is 10.9 Å². The number of nitrogens with two attached hydrogens (primary N) is 1. The molecule has 3 aromatic carbocycles. The number of hydrogen-bond acceptors (Lipinski definition) is 3. The van der Waals surface area contributed by atoms with Crippen molar-refractivity contribution in [3.63, 3.8) is 0 Å². The van der Waals surface area contributed by atoms with Crippen molar-refractivity contribution in [1.82, 2.24) is 0 Å². The van der Waals surface area contributed by atoms with Crippen molar-refractivity contribution in [2.75, 3.05) is 6.61 Å². The average molecular weight is 480 g/mol. The summed E-state index contributed by atoms with van der Waals surface area (Å²) in [7, 11) is 0. The number of carbonyl (C=O) groups is 1. The van der Waals surface area contributed by atoms with Gasteiger partial charge in [0.05, 0.1) is 11.1 Å². The van der Waals surface area contributed by atoms with Crippen LogP contribution in [0.1, 0.15) is 36.7 Å². The fourth-order valence-corrected chi connectivity index (χ4v) is 4.75. The number of ether oxygens (including phenoxy) is 1. The molecule has 1 aromatic heterocycles. The number of furan rings is 1. The molecule has 31 heavy (non-hydrogen) atoms. The summed E-state index contributed by atoms with van der Waals surface area (Å²) in [6, 6.07) is 14.9. The third-order valence-electron chi connectivity index (χ3n) is 5.78. The maximum absolute atomic E-state index is 11.0. The summed E-state index contributed by atoms with van der Waals surface area (Å²) in [6.07, 6.45) is 1.75. The Hall–Kier alpha value is -2.79. The Morgan fingerprint density at radius 1 is 1.16 bits per heavy atom. The molecular formula is C26H26BrNO3. The van der Waals surface area contributed by atoms with Crippen LogP contribution in [0.4, 0.5) is 0 Å². The van der Waals surface area contributed by atoms with Gasteiger partial charge in [-0.25, -0.2) is 0 Å². The van der Waals surface area contributed by atoms with Gasteiger partial charge in [0, 0.05) is 17.4 Å². The summed E-state index contributed by atoms with van der Waals surface area (Å²) in [5, 5.41) is 3.50. The molecule has 0 atom stereocenters. The number of amides is 1. The zero-order chi connectivity index (χ0) is 22.1. The first-order valence-electron chi connectivity index (χ1n) is 10.6. The zero-order valence-corrected chi connectivity index (χ0v) is 19.6. The molecule has 0 bridgehead atoms. The highest BCUT2D eigenvalue weighted by Crippen LogP contribution is 2.43. The lowest BCUT2D eigenvalue weighted by molar-refractivity contribution is -0.118. The zero-order valence-electron chi connectivity index (χ0n) is 18.0. The van der Waals surface area contributed by atoms with E-state index in [-0.39, 0.29) is 5.91 Å². The van der Waals surface area contributed by atoms with Crippen LogP contribution >= 0.6 is 15.9 Å². The van der Waals surface area contributed by atoms with Gasteiger partial charge < -0.3 is 14.9 Å². The summed E-state index contributed by atoms with van der Waals surface area (Å²) < 4.78 is 13.0. The van der Waals surface area contributed by atoms with Gasteiger partial charge in [-0.2, -0.15) is 0 Å². The minimum absolute atomic E-state index is 0.306. The van der Waals surface area contributed by atoms with Crippen molar-refractivity contribution in [3.05, 3.63) is 63.8 Å². The standard InChI is InChI=1S/C26H26BrNO3/c1-4-17-12-19(13-21(27)26(17)30-11-7-10-23(28)29)25-20-9-6-5-8-18(20)14-22-24(25)15(2)16(3)31-22/h5-6,8-9,12-14H,4,7,10-11H2,1-3H3,(H2,28,29). The summed E-state index contributed by atoms with van der Waals surface area (Å²) in [4.78, 5) is 11.0. The number of aryl methyl sites for hydroxylation is 3. The Balaban J connectivity index is 1.87. The molecule has 4 rings (SSSR count). The molecule has 0 unspecified atom stereocenters. The highest BCUT2D eigenvalue weighted by molar-refractivity contribution is 9.10. The fraction of sp³-hybridized carbons (Fsp3) is 0.269. The molecule has 5 heteroatoms. The lowest BCUT2D eigenvalue weighted by atomic mass is 9.91. The van der Waals surface area contributed by atoms with Gasteiger partial charge in [0.15, 0.2) is 0 Å². The predicted octanol–water partition coefficient (Wildman–Crippen LogP) is 6.84. The number of carbonyl (C=O) groups excluding carboxylic acids is 1. The number of hydrogen-bond donors (Lipinski definition) is 1. The largest absolute Gasteiger partial charge is 0.492 e. The molecule has 0 spiro atoms. The Morgan fingerprint density at radius 2 is 1.94 bits per heavy atom. The van der Waals surface area contributed by atoms with Gasteiger partial charge >= 0.3 is 0 Å². The average Bonchev–Trinajstić information content (AvgIpc) is 3.03. The second-order valence-corrected chi connectivity index (χ2v) is 8.70. The van der Waals surface area contributed by atoms with Crippen molar-refractivity contribution in [2.45, 2.75) is 40.0 Å². The van der Waals surface area contributed by atoms with Gasteiger partial charge in [-0.15, -0.1) is 0 Å². The molecule has 1 heterocycles. The minimum Gasteiger partial charge on any atom is -0.492 e. The molecule has 2 N–H and O–H groups in total. The minimum atomic E-state index is -0.306. The molecule has 160 valence electrons. The number of halogens is 1. The van der Waals surface area contributed by atoms with Crippen molar-refractivity contribution in [2.24, 2.45) is 5.73 Å². The highest BCUT2D eigenvalue weighted by atomic mass is 79.9. The molecule has 0 aliphatic rings. The second kappa shape index (κ2) is 8.75. The van der Waals surface area contributed by atoms with Crippen LogP contribution < -0.4 is 10.5 Å². The van der Waals surface area contributed by atoms with Gasteiger partial charge in [-0.3, -0.25) is 4.79 Å². The first kappa shape index (κ1) is 21.4. The molecule has 0 aliphatic carbocycles. The molecule has 0 aliphatic heterocycles. The van der Waals surface area contributed by atoms with E-state index in [1.54, 1.807) is 0 Å². The SMILES string of the molecule is CCc1cc(-c2c3ccccc3cc3oc(C)c(C)c23)cc(Br)c1OCCCC(N)=O. The Kier molecular flexibility index (Phi) is 6.05. The molecule has 4 aromatic rings. The van der Waals surface area contributed by atoms with Crippen molar-refractivity contribution < 1.29 is 13.9 Å². The maximum Gasteiger partial charge on any atom is 0.217 e. The molecular weight excluding hydrogens is 454 g/mol. The van der Waals surface area contributed by atoms with Gasteiger partial charge in [0.2, 0.25) is 5.91 Å². The molecule has 4 nitrogen and oxygen atoms in total. The monoisotopic (exact) mass is 479 g/mol. The summed E-state index contributed by atoms with van der Waals surface area (Å²) in [5.74, 6) is 1.46. The lowest BCUT2D eigenvalue weighted by Crippen LogP contribution is -2.12. The van der Waals surface area contributed by atoms with Crippen LogP contribution in [0, 0.1) is 13.8 Å². The smallest absolute Gasteiger partial charge is 0.217 e. The van der Waals surface area contributed by atoms with E-state index in [0.29, 0.717) is 19.4 Å². The van der Waals surface area contributed by atoms with Crippen LogP contribution in [0.2, 0.25) is 0 Å². The van der Waals surface area contributed by atoms with Gasteiger partial charge in [-0.05, 0) is 88.3 Å². The quantitative estimate of drug-likeness (QED) is 0.295. The Labute approximate surface area is 190 Å². The van der Waals surface area contributed by atoms with Gasteiger partial charge in [0.25, 0.3) is 0 Å². The van der Waals surface area contributed by atoms with E-state index in [4.69, 9.17) is 14.9 Å². The van der Waals surface area contributed by atoms with E-state index < -0.39 is 0 Å². The van der Waals surface area contributed by atoms with E-state index in [9.17, 15) is 4.79 Å². The normalized spacial score (nSPS) is 11.4. The summed E-state index contributed by atoms with van der Waals surface area (Å²) >= 11 is 3.73. The molecule has 0 fully saturated rings. The first-order chi connectivity index (χ1) is 14.9. The van der Waals surface area contributed by atoms with E-state index in [2.05, 4.69) is 72.2 Å². The van der Waals surface area contributed by atoms with Crippen LogP contribution in [0.25, 0.3) is 32.9 Å². The second-order valence-electron chi connectivity index (χ2n) is 7.85. The van der Waals surface area contributed by atoms with Crippen molar-refractivity contribution in [3.8, 4) is 16.9 Å². The molecule has 1 amide bonds. The number of benzene rings is 3. The fourth-order valence-electron chi connectivity index (χ4n) is 4.13. The van der Waals surface area contributed by atoms with Crippen LogP contribution in [0.3, 0.4) is 0 Å². The summed E-state index contributed by atoms with van der Waals surface area (Å²) in [6.45, 7) is 6.70. The Morgan fingerprint density at radius 3 is 2.68 bits per heavy atom. The maximum atomic E-state index is 11.0. The summed E-state index contributed by atoms with van der Waals surface area (Å²) in [5.41, 5.74) is 10.7. The lowest BCUT2D eigenvalue weighted by Gasteiger charge is -2.16. The van der Waals surface area contributed by atoms with Crippen LogP contribution in [0.15, 0.2) is 51.4 Å². The molecule has 0 radical (unpaired) electrons.